The number of aliphatic carboxylic acids is 1. The molecule has 1 unspecified atom stereocenters. The summed E-state index contributed by atoms with van der Waals surface area (Å²) in [5.74, 6) is -2.77. The number of sulfonamides is 1. The van der Waals surface area contributed by atoms with Crippen LogP contribution in [0.3, 0.4) is 0 Å². The van der Waals surface area contributed by atoms with Crippen LogP contribution in [0.2, 0.25) is 0 Å². The number of hydrogen-bond donors (Lipinski definition) is 3. The van der Waals surface area contributed by atoms with Crippen molar-refractivity contribution in [3.05, 3.63) is 24.0 Å². The molecule has 0 radical (unpaired) electrons. The van der Waals surface area contributed by atoms with Crippen LogP contribution in [0.15, 0.2) is 23.1 Å². The Labute approximate surface area is 152 Å². The van der Waals surface area contributed by atoms with E-state index in [1.807, 2.05) is 0 Å². The molecule has 1 atom stereocenters. The van der Waals surface area contributed by atoms with Crippen LogP contribution in [-0.4, -0.2) is 49.6 Å². The van der Waals surface area contributed by atoms with E-state index in [9.17, 15) is 22.4 Å². The number of carbonyl (C=O) groups excluding carboxylic acids is 1. The zero-order valence-electron chi connectivity index (χ0n) is 15.3. The second-order valence-electron chi connectivity index (χ2n) is 7.05. The number of carbonyl (C=O) groups is 2. The molecule has 10 heteroatoms. The van der Waals surface area contributed by atoms with Crippen molar-refractivity contribution in [3.8, 4) is 0 Å². The van der Waals surface area contributed by atoms with Crippen molar-refractivity contribution in [2.75, 3.05) is 18.9 Å². The molecule has 0 spiro atoms. The summed E-state index contributed by atoms with van der Waals surface area (Å²) in [5, 5.41) is 11.3. The van der Waals surface area contributed by atoms with Gasteiger partial charge >= 0.3 is 12.0 Å². The topological polar surface area (TPSA) is 116 Å². The van der Waals surface area contributed by atoms with Gasteiger partial charge in [0.2, 0.25) is 10.0 Å². The van der Waals surface area contributed by atoms with Gasteiger partial charge < -0.3 is 15.3 Å². The predicted molar refractivity (Wildman–Crippen MR) is 94.9 cm³/mol. The second-order valence-corrected chi connectivity index (χ2v) is 8.70. The van der Waals surface area contributed by atoms with Gasteiger partial charge in [-0.1, -0.05) is 6.92 Å². The highest BCUT2D eigenvalue weighted by atomic mass is 32.2. The van der Waals surface area contributed by atoms with E-state index in [-0.39, 0.29) is 12.2 Å². The molecule has 1 aromatic rings. The number of amides is 2. The summed E-state index contributed by atoms with van der Waals surface area (Å²) >= 11 is 0. The van der Waals surface area contributed by atoms with Gasteiger partial charge in [-0.2, -0.15) is 0 Å². The third kappa shape index (κ3) is 6.26. The van der Waals surface area contributed by atoms with Crippen LogP contribution in [0.25, 0.3) is 0 Å². The van der Waals surface area contributed by atoms with Gasteiger partial charge in [0.25, 0.3) is 0 Å². The van der Waals surface area contributed by atoms with Gasteiger partial charge in [-0.3, -0.25) is 4.79 Å². The van der Waals surface area contributed by atoms with Crippen LogP contribution in [0, 0.1) is 11.7 Å². The lowest BCUT2D eigenvalue weighted by molar-refractivity contribution is -0.141. The summed E-state index contributed by atoms with van der Waals surface area (Å²) in [5.41, 5.74) is -0.738. The van der Waals surface area contributed by atoms with Gasteiger partial charge in [-0.05, 0) is 39.0 Å². The van der Waals surface area contributed by atoms with Crippen molar-refractivity contribution < 1.29 is 27.5 Å². The third-order valence-electron chi connectivity index (χ3n) is 3.23. The Balaban J connectivity index is 3.00. The van der Waals surface area contributed by atoms with Crippen LogP contribution in [0.1, 0.15) is 27.7 Å². The lowest BCUT2D eigenvalue weighted by atomic mass is 10.1. The molecule has 2 amide bonds. The number of anilines is 1. The Hall–Kier alpha value is -2.20. The Kier molecular flexibility index (Phi) is 6.72. The SMILES string of the molecule is CC(CN(C)C(=O)Nc1ccc(F)c(S(=O)(=O)NC(C)(C)C)c1)C(=O)O. The standard InChI is InChI=1S/C16H24FN3O5S/c1-10(14(21)22)9-20(5)15(23)18-11-6-7-12(17)13(8-11)26(24,25)19-16(2,3)4/h6-8,10,19H,9H2,1-5H3,(H,18,23)(H,21,22). The quantitative estimate of drug-likeness (QED) is 0.689. The number of hydrogen-bond acceptors (Lipinski definition) is 4. The number of rotatable bonds is 6. The molecular formula is C16H24FN3O5S. The smallest absolute Gasteiger partial charge is 0.321 e. The average molecular weight is 389 g/mol. The van der Waals surface area contributed by atoms with E-state index in [1.165, 1.54) is 20.0 Å². The molecule has 0 aliphatic rings. The van der Waals surface area contributed by atoms with E-state index in [0.29, 0.717) is 0 Å². The molecule has 0 aliphatic carbocycles. The molecule has 0 saturated carbocycles. The molecule has 0 aromatic heterocycles. The van der Waals surface area contributed by atoms with Crippen molar-refractivity contribution in [2.45, 2.75) is 38.1 Å². The van der Waals surface area contributed by atoms with Crippen molar-refractivity contribution in [2.24, 2.45) is 5.92 Å². The second kappa shape index (κ2) is 8.00. The zero-order valence-corrected chi connectivity index (χ0v) is 16.1. The number of nitrogens with zero attached hydrogens (tertiary/aromatic N) is 1. The van der Waals surface area contributed by atoms with Crippen molar-refractivity contribution in [1.82, 2.24) is 9.62 Å². The summed E-state index contributed by atoms with van der Waals surface area (Å²) in [6, 6.07) is 2.53. The van der Waals surface area contributed by atoms with Gasteiger partial charge in [0.15, 0.2) is 0 Å². The largest absolute Gasteiger partial charge is 0.481 e. The molecule has 0 saturated heterocycles. The van der Waals surface area contributed by atoms with Crippen molar-refractivity contribution >= 4 is 27.7 Å². The van der Waals surface area contributed by atoms with Crippen LogP contribution in [-0.2, 0) is 14.8 Å². The highest BCUT2D eigenvalue weighted by molar-refractivity contribution is 7.89. The molecule has 0 aliphatic heterocycles. The fraction of sp³-hybridized carbons (Fsp3) is 0.500. The first-order valence-corrected chi connectivity index (χ1v) is 9.29. The summed E-state index contributed by atoms with van der Waals surface area (Å²) < 4.78 is 41.0. The maximum Gasteiger partial charge on any atom is 0.321 e. The van der Waals surface area contributed by atoms with Crippen molar-refractivity contribution in [3.63, 3.8) is 0 Å². The van der Waals surface area contributed by atoms with E-state index in [4.69, 9.17) is 5.11 Å². The molecule has 0 fully saturated rings. The molecule has 8 nitrogen and oxygen atoms in total. The van der Waals surface area contributed by atoms with Gasteiger partial charge in [-0.25, -0.2) is 22.3 Å². The monoisotopic (exact) mass is 389 g/mol. The maximum atomic E-state index is 14.0. The Morgan fingerprint density at radius 1 is 1.31 bits per heavy atom. The van der Waals surface area contributed by atoms with E-state index >= 15 is 0 Å². The minimum atomic E-state index is -4.13. The van der Waals surface area contributed by atoms with Crippen molar-refractivity contribution in [1.29, 1.82) is 0 Å². The fourth-order valence-electron chi connectivity index (χ4n) is 2.04. The first-order valence-electron chi connectivity index (χ1n) is 7.81. The Morgan fingerprint density at radius 3 is 2.38 bits per heavy atom. The van der Waals surface area contributed by atoms with Crippen LogP contribution >= 0.6 is 0 Å². The highest BCUT2D eigenvalue weighted by Gasteiger charge is 2.26. The molecule has 26 heavy (non-hydrogen) atoms. The molecule has 1 aromatic carbocycles. The number of benzene rings is 1. The lowest BCUT2D eigenvalue weighted by Gasteiger charge is -2.22. The minimum Gasteiger partial charge on any atom is -0.481 e. The normalized spacial score (nSPS) is 13.2. The molecule has 3 N–H and O–H groups in total. The number of halogens is 1. The van der Waals surface area contributed by atoms with Gasteiger partial charge in [-0.15, -0.1) is 0 Å². The van der Waals surface area contributed by atoms with E-state index in [2.05, 4.69) is 10.0 Å². The molecular weight excluding hydrogens is 365 g/mol. The summed E-state index contributed by atoms with van der Waals surface area (Å²) in [6.45, 7) is 6.26. The van der Waals surface area contributed by atoms with E-state index < -0.39 is 44.2 Å². The van der Waals surface area contributed by atoms with E-state index in [0.717, 1.165) is 17.0 Å². The first-order chi connectivity index (χ1) is 11.7. The Bertz CT molecular complexity index is 790. The summed E-state index contributed by atoms with van der Waals surface area (Å²) in [7, 11) is -2.73. The van der Waals surface area contributed by atoms with Gasteiger partial charge in [0.05, 0.1) is 5.92 Å². The predicted octanol–water partition coefficient (Wildman–Crippen LogP) is 2.09. The third-order valence-corrected chi connectivity index (χ3v) is 5.00. The number of carboxylic acid groups (broad SMARTS) is 1. The molecule has 146 valence electrons. The summed E-state index contributed by atoms with van der Waals surface area (Å²) in [6.07, 6.45) is 0. The lowest BCUT2D eigenvalue weighted by Crippen LogP contribution is -2.40. The number of carboxylic acids is 1. The molecule has 1 rings (SSSR count). The first kappa shape index (κ1) is 21.8. The number of nitrogens with one attached hydrogen (secondary N) is 2. The van der Waals surface area contributed by atoms with Crippen LogP contribution < -0.4 is 10.0 Å². The molecule has 0 heterocycles. The Morgan fingerprint density at radius 2 is 1.88 bits per heavy atom. The average Bonchev–Trinajstić information content (AvgIpc) is 2.46. The number of urea groups is 1. The highest BCUT2D eigenvalue weighted by Crippen LogP contribution is 2.21. The van der Waals surface area contributed by atoms with Gasteiger partial charge in [0.1, 0.15) is 10.7 Å². The minimum absolute atomic E-state index is 0.0426. The van der Waals surface area contributed by atoms with E-state index in [1.54, 1.807) is 20.8 Å². The fourth-order valence-corrected chi connectivity index (χ4v) is 3.56. The van der Waals surface area contributed by atoms with Crippen LogP contribution in [0.4, 0.5) is 14.9 Å². The maximum absolute atomic E-state index is 14.0. The van der Waals surface area contributed by atoms with Gasteiger partial charge in [0, 0.05) is 24.8 Å². The summed E-state index contributed by atoms with van der Waals surface area (Å²) in [4.78, 5) is 23.5. The molecule has 0 bridgehead atoms. The zero-order chi connectivity index (χ0) is 20.3. The van der Waals surface area contributed by atoms with Crippen LogP contribution in [0.5, 0.6) is 0 Å².